The van der Waals surface area contributed by atoms with Crippen molar-refractivity contribution in [2.24, 2.45) is 4.99 Å². The highest BCUT2D eigenvalue weighted by atomic mass is 32.1. The number of aryl methyl sites for hydroxylation is 1. The van der Waals surface area contributed by atoms with Gasteiger partial charge in [0.1, 0.15) is 5.76 Å². The molecule has 0 aliphatic heterocycles. The van der Waals surface area contributed by atoms with Crippen LogP contribution >= 0.6 is 11.3 Å². The lowest BCUT2D eigenvalue weighted by molar-refractivity contribution is 0.207. The highest BCUT2D eigenvalue weighted by Crippen LogP contribution is 2.09. The molecule has 2 heterocycles. The van der Waals surface area contributed by atoms with Crippen molar-refractivity contribution in [1.82, 2.24) is 15.2 Å². The van der Waals surface area contributed by atoms with Crippen LogP contribution in [0.4, 0.5) is 0 Å². The standard InChI is InChI=1S/C16H24N4O2S/c1-13-19-14(12-23-13)11-20(2)16(18-8-10-21-3)17-7-6-15-5-4-9-22-15/h4-5,9,12H,6-8,10-11H2,1-3H3,(H,17,18). The molecule has 0 saturated heterocycles. The second-order valence-corrected chi connectivity index (χ2v) is 6.23. The van der Waals surface area contributed by atoms with Gasteiger partial charge in [-0.1, -0.05) is 0 Å². The minimum Gasteiger partial charge on any atom is -0.469 e. The summed E-state index contributed by atoms with van der Waals surface area (Å²) in [5.74, 6) is 1.81. The third-order valence-electron chi connectivity index (χ3n) is 3.22. The van der Waals surface area contributed by atoms with Crippen molar-refractivity contribution < 1.29 is 9.15 Å². The predicted octanol–water partition coefficient (Wildman–Crippen LogP) is 2.31. The monoisotopic (exact) mass is 336 g/mol. The van der Waals surface area contributed by atoms with E-state index in [9.17, 15) is 0 Å². The Morgan fingerprint density at radius 1 is 1.52 bits per heavy atom. The van der Waals surface area contributed by atoms with Crippen LogP contribution in [0.5, 0.6) is 0 Å². The average Bonchev–Trinajstić information content (AvgIpc) is 3.17. The van der Waals surface area contributed by atoms with Gasteiger partial charge in [0.2, 0.25) is 0 Å². The Morgan fingerprint density at radius 2 is 2.39 bits per heavy atom. The summed E-state index contributed by atoms with van der Waals surface area (Å²) in [6.07, 6.45) is 2.51. The molecule has 0 radical (unpaired) electrons. The minimum atomic E-state index is 0.604. The summed E-state index contributed by atoms with van der Waals surface area (Å²) in [4.78, 5) is 11.2. The van der Waals surface area contributed by atoms with Crippen LogP contribution in [0.2, 0.25) is 0 Å². The van der Waals surface area contributed by atoms with E-state index in [0.717, 1.165) is 41.9 Å². The van der Waals surface area contributed by atoms with E-state index in [2.05, 4.69) is 25.6 Å². The van der Waals surface area contributed by atoms with Gasteiger partial charge in [0, 0.05) is 32.5 Å². The van der Waals surface area contributed by atoms with E-state index in [0.29, 0.717) is 13.2 Å². The van der Waals surface area contributed by atoms with Gasteiger partial charge in [0.25, 0.3) is 0 Å². The first-order chi connectivity index (χ1) is 11.2. The number of hydrogen-bond donors (Lipinski definition) is 1. The summed E-state index contributed by atoms with van der Waals surface area (Å²) >= 11 is 1.67. The Bertz CT molecular complexity index is 595. The summed E-state index contributed by atoms with van der Waals surface area (Å²) in [6.45, 7) is 4.74. The van der Waals surface area contributed by atoms with Gasteiger partial charge in [-0.2, -0.15) is 0 Å². The molecule has 0 bridgehead atoms. The molecule has 23 heavy (non-hydrogen) atoms. The summed E-state index contributed by atoms with van der Waals surface area (Å²) in [7, 11) is 3.70. The molecule has 0 atom stereocenters. The van der Waals surface area contributed by atoms with Crippen molar-refractivity contribution in [1.29, 1.82) is 0 Å². The Balaban J connectivity index is 1.90. The lowest BCUT2D eigenvalue weighted by Crippen LogP contribution is -2.39. The molecule has 0 aromatic carbocycles. The van der Waals surface area contributed by atoms with Crippen LogP contribution in [0.25, 0.3) is 0 Å². The number of nitrogens with one attached hydrogen (secondary N) is 1. The molecule has 1 N–H and O–H groups in total. The Labute approximate surface area is 141 Å². The van der Waals surface area contributed by atoms with E-state index in [4.69, 9.17) is 9.15 Å². The maximum Gasteiger partial charge on any atom is 0.194 e. The molecule has 7 heteroatoms. The molecule has 126 valence electrons. The van der Waals surface area contributed by atoms with Gasteiger partial charge in [-0.05, 0) is 19.1 Å². The first kappa shape index (κ1) is 17.5. The number of methoxy groups -OCH3 is 1. The molecular formula is C16H24N4O2S. The second-order valence-electron chi connectivity index (χ2n) is 5.17. The van der Waals surface area contributed by atoms with E-state index in [1.54, 1.807) is 24.7 Å². The van der Waals surface area contributed by atoms with E-state index in [-0.39, 0.29) is 0 Å². The van der Waals surface area contributed by atoms with E-state index >= 15 is 0 Å². The maximum atomic E-state index is 5.35. The first-order valence-corrected chi connectivity index (χ1v) is 8.49. The van der Waals surface area contributed by atoms with E-state index in [1.807, 2.05) is 26.1 Å². The molecule has 0 amide bonds. The van der Waals surface area contributed by atoms with Gasteiger partial charge >= 0.3 is 0 Å². The van der Waals surface area contributed by atoms with Crippen molar-refractivity contribution in [2.45, 2.75) is 19.9 Å². The van der Waals surface area contributed by atoms with E-state index in [1.165, 1.54) is 0 Å². The van der Waals surface area contributed by atoms with Crippen molar-refractivity contribution in [2.75, 3.05) is 33.9 Å². The highest BCUT2D eigenvalue weighted by Gasteiger charge is 2.09. The zero-order chi connectivity index (χ0) is 16.5. The van der Waals surface area contributed by atoms with Crippen molar-refractivity contribution in [3.8, 4) is 0 Å². The van der Waals surface area contributed by atoms with Crippen LogP contribution in [0.3, 0.4) is 0 Å². The third kappa shape index (κ3) is 6.03. The van der Waals surface area contributed by atoms with Gasteiger partial charge in [-0.25, -0.2) is 4.98 Å². The smallest absolute Gasteiger partial charge is 0.194 e. The third-order valence-corrected chi connectivity index (χ3v) is 4.04. The number of rotatable bonds is 8. The largest absolute Gasteiger partial charge is 0.469 e. The van der Waals surface area contributed by atoms with Crippen LogP contribution < -0.4 is 5.32 Å². The minimum absolute atomic E-state index is 0.604. The first-order valence-electron chi connectivity index (χ1n) is 7.61. The lowest BCUT2D eigenvalue weighted by atomic mass is 10.3. The number of aliphatic imine (C=N–C) groups is 1. The number of ether oxygens (including phenoxy) is 1. The van der Waals surface area contributed by atoms with Crippen molar-refractivity contribution in [3.63, 3.8) is 0 Å². The molecule has 2 aromatic rings. The summed E-state index contributed by atoms with van der Waals surface area (Å²) in [6, 6.07) is 3.88. The zero-order valence-electron chi connectivity index (χ0n) is 13.9. The molecule has 2 aromatic heterocycles. The number of nitrogens with zero attached hydrogens (tertiary/aromatic N) is 3. The average molecular weight is 336 g/mol. The topological polar surface area (TPSA) is 62.9 Å². The quantitative estimate of drug-likeness (QED) is 0.455. The second kappa shape index (κ2) is 9.32. The van der Waals surface area contributed by atoms with Gasteiger partial charge in [-0.3, -0.25) is 4.99 Å². The summed E-state index contributed by atoms with van der Waals surface area (Å²) in [5.41, 5.74) is 1.06. The van der Waals surface area contributed by atoms with Crippen LogP contribution in [0, 0.1) is 6.92 Å². The molecule has 0 spiro atoms. The van der Waals surface area contributed by atoms with Gasteiger partial charge in [0.15, 0.2) is 5.96 Å². The fourth-order valence-corrected chi connectivity index (χ4v) is 2.71. The lowest BCUT2D eigenvalue weighted by Gasteiger charge is -2.21. The highest BCUT2D eigenvalue weighted by molar-refractivity contribution is 7.09. The van der Waals surface area contributed by atoms with Crippen LogP contribution in [0.15, 0.2) is 33.2 Å². The normalized spacial score (nSPS) is 11.7. The molecular weight excluding hydrogens is 312 g/mol. The van der Waals surface area contributed by atoms with Crippen molar-refractivity contribution in [3.05, 3.63) is 40.2 Å². The molecule has 0 saturated carbocycles. The molecule has 0 aliphatic rings. The molecule has 0 fully saturated rings. The summed E-state index contributed by atoms with van der Waals surface area (Å²) < 4.78 is 10.4. The number of thiazole rings is 1. The van der Waals surface area contributed by atoms with Crippen LogP contribution in [0.1, 0.15) is 16.5 Å². The van der Waals surface area contributed by atoms with Crippen LogP contribution in [-0.2, 0) is 17.7 Å². The maximum absolute atomic E-state index is 5.35. The Kier molecular flexibility index (Phi) is 7.09. The fourth-order valence-electron chi connectivity index (χ4n) is 2.11. The molecule has 0 unspecified atom stereocenters. The predicted molar refractivity (Wildman–Crippen MR) is 92.9 cm³/mol. The molecule has 2 rings (SSSR count). The number of furan rings is 1. The molecule has 0 aliphatic carbocycles. The summed E-state index contributed by atoms with van der Waals surface area (Å²) in [5, 5.41) is 6.55. The van der Waals surface area contributed by atoms with Gasteiger partial charge in [-0.15, -0.1) is 11.3 Å². The fraction of sp³-hybridized carbons (Fsp3) is 0.500. The van der Waals surface area contributed by atoms with Crippen molar-refractivity contribution >= 4 is 17.3 Å². The Hall–Kier alpha value is -1.86. The van der Waals surface area contributed by atoms with Gasteiger partial charge < -0.3 is 19.4 Å². The number of guanidine groups is 1. The number of hydrogen-bond acceptors (Lipinski definition) is 5. The SMILES string of the molecule is COCCN=C(NCCc1ccco1)N(C)Cc1csc(C)n1. The van der Waals surface area contributed by atoms with Crippen LogP contribution in [-0.4, -0.2) is 49.7 Å². The zero-order valence-corrected chi connectivity index (χ0v) is 14.7. The van der Waals surface area contributed by atoms with E-state index < -0.39 is 0 Å². The Morgan fingerprint density at radius 3 is 3.04 bits per heavy atom. The molecule has 6 nitrogen and oxygen atoms in total. The van der Waals surface area contributed by atoms with Gasteiger partial charge in [0.05, 0.1) is 36.7 Å². The number of aromatic nitrogens is 1.